The molecule has 0 spiro atoms. The number of nitrogens with one attached hydrogen (secondary N) is 1. The maximum absolute atomic E-state index is 13.3. The topological polar surface area (TPSA) is 21.3 Å². The Morgan fingerprint density at radius 2 is 2.10 bits per heavy atom. The van der Waals surface area contributed by atoms with Crippen LogP contribution in [0.3, 0.4) is 0 Å². The van der Waals surface area contributed by atoms with Crippen molar-refractivity contribution in [1.29, 1.82) is 0 Å². The van der Waals surface area contributed by atoms with E-state index in [9.17, 15) is 4.39 Å². The molecule has 1 aliphatic heterocycles. The number of benzene rings is 2. The molecule has 0 saturated heterocycles. The first-order chi connectivity index (χ1) is 9.74. The smallest absolute Gasteiger partial charge is 0.124 e. The molecule has 0 fully saturated rings. The summed E-state index contributed by atoms with van der Waals surface area (Å²) in [6.45, 7) is 3.40. The lowest BCUT2D eigenvalue weighted by Crippen LogP contribution is -2.27. The maximum atomic E-state index is 13.3. The second kappa shape index (κ2) is 5.63. The summed E-state index contributed by atoms with van der Waals surface area (Å²) in [4.78, 5) is 0. The summed E-state index contributed by atoms with van der Waals surface area (Å²) in [6.07, 6.45) is 0.936. The summed E-state index contributed by atoms with van der Waals surface area (Å²) in [7, 11) is 0. The van der Waals surface area contributed by atoms with E-state index in [0.29, 0.717) is 6.54 Å². The minimum atomic E-state index is -0.181. The largest absolute Gasteiger partial charge is 0.493 e. The first kappa shape index (κ1) is 13.1. The van der Waals surface area contributed by atoms with E-state index < -0.39 is 0 Å². The number of para-hydroxylation sites is 1. The van der Waals surface area contributed by atoms with E-state index in [1.807, 2.05) is 31.2 Å². The third kappa shape index (κ3) is 2.68. The number of ether oxygens (including phenoxy) is 1. The molecule has 2 nitrogen and oxygen atoms in total. The van der Waals surface area contributed by atoms with Crippen LogP contribution in [0, 0.1) is 12.7 Å². The summed E-state index contributed by atoms with van der Waals surface area (Å²) in [5.74, 6) is 0.770. The van der Waals surface area contributed by atoms with Gasteiger partial charge < -0.3 is 10.1 Å². The maximum Gasteiger partial charge on any atom is 0.124 e. The standard InChI is InChI=1S/C17H18FNO/c1-12-6-7-14(18)10-13(12)11-19-16-8-9-20-17-5-3-2-4-15(16)17/h2-7,10,16,19H,8-9,11H2,1H3. The molecule has 0 aliphatic carbocycles. The van der Waals surface area contributed by atoms with Gasteiger partial charge in [-0.2, -0.15) is 0 Å². The molecule has 0 aromatic heterocycles. The van der Waals surface area contributed by atoms with Crippen molar-refractivity contribution in [3.8, 4) is 5.75 Å². The molecule has 0 radical (unpaired) electrons. The van der Waals surface area contributed by atoms with Gasteiger partial charge >= 0.3 is 0 Å². The van der Waals surface area contributed by atoms with Crippen molar-refractivity contribution in [2.45, 2.75) is 25.9 Å². The molecule has 1 N–H and O–H groups in total. The lowest BCUT2D eigenvalue weighted by Gasteiger charge is -2.27. The summed E-state index contributed by atoms with van der Waals surface area (Å²) >= 11 is 0. The third-order valence-corrected chi connectivity index (χ3v) is 3.81. The molecular formula is C17H18FNO. The Morgan fingerprint density at radius 1 is 1.25 bits per heavy atom. The van der Waals surface area contributed by atoms with Crippen LogP contribution in [-0.4, -0.2) is 6.61 Å². The zero-order chi connectivity index (χ0) is 13.9. The summed E-state index contributed by atoms with van der Waals surface area (Å²) in [6, 6.07) is 13.3. The average molecular weight is 271 g/mol. The van der Waals surface area contributed by atoms with Gasteiger partial charge in [0.2, 0.25) is 0 Å². The van der Waals surface area contributed by atoms with Crippen molar-refractivity contribution >= 4 is 0 Å². The van der Waals surface area contributed by atoms with E-state index in [2.05, 4.69) is 11.4 Å². The molecule has 2 aromatic carbocycles. The number of hydrogen-bond acceptors (Lipinski definition) is 2. The van der Waals surface area contributed by atoms with Crippen LogP contribution in [-0.2, 0) is 6.54 Å². The lowest BCUT2D eigenvalue weighted by molar-refractivity contribution is 0.252. The van der Waals surface area contributed by atoms with Gasteiger partial charge in [0.25, 0.3) is 0 Å². The van der Waals surface area contributed by atoms with Crippen LogP contribution in [0.2, 0.25) is 0 Å². The highest BCUT2D eigenvalue weighted by molar-refractivity contribution is 5.37. The van der Waals surface area contributed by atoms with Crippen molar-refractivity contribution in [2.75, 3.05) is 6.61 Å². The first-order valence-electron chi connectivity index (χ1n) is 6.94. The fraction of sp³-hybridized carbons (Fsp3) is 0.294. The zero-order valence-corrected chi connectivity index (χ0v) is 11.5. The van der Waals surface area contributed by atoms with E-state index in [4.69, 9.17) is 4.74 Å². The van der Waals surface area contributed by atoms with Crippen molar-refractivity contribution < 1.29 is 9.13 Å². The van der Waals surface area contributed by atoms with Gasteiger partial charge in [0.1, 0.15) is 11.6 Å². The van der Waals surface area contributed by atoms with Crippen LogP contribution in [0.5, 0.6) is 5.75 Å². The van der Waals surface area contributed by atoms with Gasteiger partial charge in [-0.3, -0.25) is 0 Å². The van der Waals surface area contributed by atoms with E-state index in [1.54, 1.807) is 6.07 Å². The minimum Gasteiger partial charge on any atom is -0.493 e. The summed E-state index contributed by atoms with van der Waals surface area (Å²) in [5, 5.41) is 3.52. The molecule has 1 heterocycles. The number of rotatable bonds is 3. The second-order valence-corrected chi connectivity index (χ2v) is 5.18. The molecule has 1 atom stereocenters. The van der Waals surface area contributed by atoms with E-state index in [-0.39, 0.29) is 11.9 Å². The molecule has 0 saturated carbocycles. The highest BCUT2D eigenvalue weighted by atomic mass is 19.1. The van der Waals surface area contributed by atoms with Crippen LogP contribution >= 0.6 is 0 Å². The Hall–Kier alpha value is -1.87. The van der Waals surface area contributed by atoms with Crippen LogP contribution in [0.4, 0.5) is 4.39 Å². The molecule has 0 bridgehead atoms. The third-order valence-electron chi connectivity index (χ3n) is 3.81. The lowest BCUT2D eigenvalue weighted by atomic mass is 10.00. The predicted molar refractivity (Wildman–Crippen MR) is 77.3 cm³/mol. The van der Waals surface area contributed by atoms with E-state index in [0.717, 1.165) is 29.9 Å². The normalized spacial score (nSPS) is 17.4. The fourth-order valence-electron chi connectivity index (χ4n) is 2.62. The van der Waals surface area contributed by atoms with Crippen LogP contribution in [0.25, 0.3) is 0 Å². The molecule has 20 heavy (non-hydrogen) atoms. The molecule has 0 amide bonds. The van der Waals surface area contributed by atoms with Crippen LogP contribution in [0.1, 0.15) is 29.2 Å². The van der Waals surface area contributed by atoms with E-state index >= 15 is 0 Å². The van der Waals surface area contributed by atoms with Gasteiger partial charge in [-0.1, -0.05) is 24.3 Å². The second-order valence-electron chi connectivity index (χ2n) is 5.18. The molecule has 3 rings (SSSR count). The molecule has 2 aromatic rings. The van der Waals surface area contributed by atoms with Gasteiger partial charge in [-0.05, 0) is 36.2 Å². The monoisotopic (exact) mass is 271 g/mol. The van der Waals surface area contributed by atoms with Crippen molar-refractivity contribution in [1.82, 2.24) is 5.32 Å². The fourth-order valence-corrected chi connectivity index (χ4v) is 2.62. The van der Waals surface area contributed by atoms with Gasteiger partial charge in [-0.25, -0.2) is 4.39 Å². The molecule has 1 unspecified atom stereocenters. The number of hydrogen-bond donors (Lipinski definition) is 1. The van der Waals surface area contributed by atoms with Crippen LogP contribution in [0.15, 0.2) is 42.5 Å². The van der Waals surface area contributed by atoms with Gasteiger partial charge in [0, 0.05) is 24.6 Å². The summed E-state index contributed by atoms with van der Waals surface area (Å²) in [5.41, 5.74) is 3.31. The number of fused-ring (bicyclic) bond motifs is 1. The highest BCUT2D eigenvalue weighted by Gasteiger charge is 2.20. The Labute approximate surface area is 118 Å². The van der Waals surface area contributed by atoms with Gasteiger partial charge in [0.05, 0.1) is 6.61 Å². The van der Waals surface area contributed by atoms with Gasteiger partial charge in [-0.15, -0.1) is 0 Å². The molecular weight excluding hydrogens is 253 g/mol. The predicted octanol–water partition coefficient (Wildman–Crippen LogP) is 3.75. The van der Waals surface area contributed by atoms with Crippen molar-refractivity contribution in [3.63, 3.8) is 0 Å². The first-order valence-corrected chi connectivity index (χ1v) is 6.94. The highest BCUT2D eigenvalue weighted by Crippen LogP contribution is 2.31. The molecule has 1 aliphatic rings. The van der Waals surface area contributed by atoms with Gasteiger partial charge in [0.15, 0.2) is 0 Å². The zero-order valence-electron chi connectivity index (χ0n) is 11.5. The SMILES string of the molecule is Cc1ccc(F)cc1CNC1CCOc2ccccc21. The Morgan fingerprint density at radius 3 is 3.00 bits per heavy atom. The minimum absolute atomic E-state index is 0.181. The Bertz CT molecular complexity index is 612. The van der Waals surface area contributed by atoms with E-state index in [1.165, 1.54) is 11.6 Å². The van der Waals surface area contributed by atoms with Crippen LogP contribution < -0.4 is 10.1 Å². The van der Waals surface area contributed by atoms with Crippen molar-refractivity contribution in [2.24, 2.45) is 0 Å². The van der Waals surface area contributed by atoms with Crippen molar-refractivity contribution in [3.05, 3.63) is 65.0 Å². The number of aryl methyl sites for hydroxylation is 1. The molecule has 3 heteroatoms. The summed E-state index contributed by atoms with van der Waals surface area (Å²) < 4.78 is 19.0. The Balaban J connectivity index is 1.75. The quantitative estimate of drug-likeness (QED) is 0.918. The molecule has 104 valence electrons. The number of halogens is 1. The average Bonchev–Trinajstić information content (AvgIpc) is 2.48. The Kier molecular flexibility index (Phi) is 3.70.